The average Bonchev–Trinajstić information content (AvgIpc) is 2.97. The van der Waals surface area contributed by atoms with Crippen molar-refractivity contribution < 1.29 is 9.59 Å². The summed E-state index contributed by atoms with van der Waals surface area (Å²) >= 11 is 0. The van der Waals surface area contributed by atoms with Crippen LogP contribution in [0.1, 0.15) is 27.3 Å². The summed E-state index contributed by atoms with van der Waals surface area (Å²) in [7, 11) is 0. The maximum Gasteiger partial charge on any atom is 0.269 e. The second-order valence-electron chi connectivity index (χ2n) is 5.70. The van der Waals surface area contributed by atoms with E-state index in [1.807, 2.05) is 50.2 Å². The molecule has 122 valence electrons. The number of fused-ring (bicyclic) bond motifs is 1. The Bertz CT molecular complexity index is 881. The Balaban J connectivity index is 1.61. The summed E-state index contributed by atoms with van der Waals surface area (Å²) in [5.41, 5.74) is 8.92. The lowest BCUT2D eigenvalue weighted by molar-refractivity contribution is -0.121. The number of aromatic amines is 1. The Morgan fingerprint density at radius 2 is 1.88 bits per heavy atom. The first kappa shape index (κ1) is 15.7. The molecule has 0 atom stereocenters. The molecule has 0 unspecified atom stereocenters. The summed E-state index contributed by atoms with van der Waals surface area (Å²) in [6.45, 7) is 3.76. The van der Waals surface area contributed by atoms with Crippen molar-refractivity contribution in [1.82, 2.24) is 20.8 Å². The maximum atomic E-state index is 12.2. The van der Waals surface area contributed by atoms with E-state index in [-0.39, 0.29) is 18.2 Å². The molecule has 2 aromatic carbocycles. The predicted octanol–water partition coefficient (Wildman–Crippen LogP) is 2.18. The van der Waals surface area contributed by atoms with Crippen LogP contribution in [0.2, 0.25) is 0 Å². The zero-order valence-electron chi connectivity index (χ0n) is 13.5. The summed E-state index contributed by atoms with van der Waals surface area (Å²) in [4.78, 5) is 31.6. The van der Waals surface area contributed by atoms with Gasteiger partial charge in [0.1, 0.15) is 5.82 Å². The molecule has 1 aromatic heterocycles. The second-order valence-corrected chi connectivity index (χ2v) is 5.70. The highest BCUT2D eigenvalue weighted by molar-refractivity contribution is 5.97. The largest absolute Gasteiger partial charge is 0.342 e. The second kappa shape index (κ2) is 6.54. The molecule has 0 saturated carbocycles. The van der Waals surface area contributed by atoms with Crippen molar-refractivity contribution in [3.8, 4) is 0 Å². The molecule has 6 heteroatoms. The maximum absolute atomic E-state index is 12.2. The highest BCUT2D eigenvalue weighted by Gasteiger charge is 2.12. The minimum absolute atomic E-state index is 0.0573. The van der Waals surface area contributed by atoms with Gasteiger partial charge in [-0.05, 0) is 37.6 Å². The van der Waals surface area contributed by atoms with Crippen LogP contribution >= 0.6 is 0 Å². The predicted molar refractivity (Wildman–Crippen MR) is 91.3 cm³/mol. The van der Waals surface area contributed by atoms with Gasteiger partial charge in [-0.25, -0.2) is 4.98 Å². The van der Waals surface area contributed by atoms with Crippen molar-refractivity contribution in [3.05, 3.63) is 65.0 Å². The number of imidazole rings is 1. The van der Waals surface area contributed by atoms with Gasteiger partial charge >= 0.3 is 0 Å². The van der Waals surface area contributed by atoms with Crippen molar-refractivity contribution in [1.29, 1.82) is 0 Å². The fourth-order valence-electron chi connectivity index (χ4n) is 2.46. The summed E-state index contributed by atoms with van der Waals surface area (Å²) in [5.74, 6) is -0.128. The third kappa shape index (κ3) is 3.43. The standard InChI is InChI=1S/C18H18N4O2/c1-11-7-8-12(2)13(9-11)18(24)22-21-17(23)10-16-19-14-5-3-4-6-15(14)20-16/h3-9H,10H2,1-2H3,(H,19,20)(H,21,23)(H,22,24). The number of nitrogens with one attached hydrogen (secondary N) is 3. The van der Waals surface area contributed by atoms with Gasteiger partial charge in [0.15, 0.2) is 0 Å². The molecule has 3 N–H and O–H groups in total. The number of rotatable bonds is 3. The molecule has 3 rings (SSSR count). The zero-order valence-corrected chi connectivity index (χ0v) is 13.5. The van der Waals surface area contributed by atoms with Gasteiger partial charge in [0.05, 0.1) is 17.5 Å². The smallest absolute Gasteiger partial charge is 0.269 e. The van der Waals surface area contributed by atoms with Crippen LogP contribution in [0.3, 0.4) is 0 Å². The number of amides is 2. The lowest BCUT2D eigenvalue weighted by Gasteiger charge is -2.09. The van der Waals surface area contributed by atoms with E-state index in [2.05, 4.69) is 20.8 Å². The quantitative estimate of drug-likeness (QED) is 0.646. The fourth-order valence-corrected chi connectivity index (χ4v) is 2.46. The lowest BCUT2D eigenvalue weighted by Crippen LogP contribution is -2.42. The minimum Gasteiger partial charge on any atom is -0.342 e. The van der Waals surface area contributed by atoms with Crippen molar-refractivity contribution in [2.45, 2.75) is 20.3 Å². The average molecular weight is 322 g/mol. The number of hydrazine groups is 1. The molecule has 0 aliphatic rings. The SMILES string of the molecule is Cc1ccc(C)c(C(=O)NNC(=O)Cc2nc3ccccc3[nH]2)c1. The molecular weight excluding hydrogens is 304 g/mol. The van der Waals surface area contributed by atoms with Crippen LogP contribution in [-0.4, -0.2) is 21.8 Å². The number of aromatic nitrogens is 2. The van der Waals surface area contributed by atoms with E-state index in [1.54, 1.807) is 6.07 Å². The summed E-state index contributed by atoms with van der Waals surface area (Å²) in [5, 5.41) is 0. The van der Waals surface area contributed by atoms with Crippen LogP contribution in [0.25, 0.3) is 11.0 Å². The number of nitrogens with zero attached hydrogens (tertiary/aromatic N) is 1. The van der Waals surface area contributed by atoms with E-state index in [1.165, 1.54) is 0 Å². The van der Waals surface area contributed by atoms with Crippen LogP contribution in [0.5, 0.6) is 0 Å². The Morgan fingerprint density at radius 1 is 1.08 bits per heavy atom. The van der Waals surface area contributed by atoms with E-state index in [4.69, 9.17) is 0 Å². The molecule has 6 nitrogen and oxygen atoms in total. The first-order valence-corrected chi connectivity index (χ1v) is 7.63. The normalized spacial score (nSPS) is 10.6. The molecule has 0 aliphatic carbocycles. The Labute approximate surface area is 139 Å². The number of benzene rings is 2. The van der Waals surface area contributed by atoms with Gasteiger partial charge in [0, 0.05) is 5.56 Å². The molecular formula is C18H18N4O2. The molecule has 0 aliphatic heterocycles. The molecule has 2 amide bonds. The van der Waals surface area contributed by atoms with Crippen molar-refractivity contribution in [2.24, 2.45) is 0 Å². The summed E-state index contributed by atoms with van der Waals surface area (Å²) in [6.07, 6.45) is 0.0573. The van der Waals surface area contributed by atoms with Gasteiger partial charge in [0.2, 0.25) is 5.91 Å². The van der Waals surface area contributed by atoms with Crippen LogP contribution in [0.4, 0.5) is 0 Å². The van der Waals surface area contributed by atoms with Crippen LogP contribution in [0, 0.1) is 13.8 Å². The molecule has 0 saturated heterocycles. The highest BCUT2D eigenvalue weighted by atomic mass is 16.2. The third-order valence-electron chi connectivity index (χ3n) is 3.72. The van der Waals surface area contributed by atoms with E-state index in [0.29, 0.717) is 11.4 Å². The molecule has 24 heavy (non-hydrogen) atoms. The van der Waals surface area contributed by atoms with Gasteiger partial charge in [-0.2, -0.15) is 0 Å². The molecule has 0 fully saturated rings. The van der Waals surface area contributed by atoms with Gasteiger partial charge < -0.3 is 4.98 Å². The van der Waals surface area contributed by atoms with Crippen LogP contribution < -0.4 is 10.9 Å². The number of para-hydroxylation sites is 2. The number of carbonyl (C=O) groups excluding carboxylic acids is 2. The Hall–Kier alpha value is -3.15. The summed E-state index contributed by atoms with van der Waals surface area (Å²) in [6, 6.07) is 13.1. The highest BCUT2D eigenvalue weighted by Crippen LogP contribution is 2.11. The number of hydrogen-bond acceptors (Lipinski definition) is 3. The third-order valence-corrected chi connectivity index (χ3v) is 3.72. The first-order valence-electron chi connectivity index (χ1n) is 7.63. The van der Waals surface area contributed by atoms with Gasteiger partial charge in [-0.15, -0.1) is 0 Å². The molecule has 1 heterocycles. The van der Waals surface area contributed by atoms with Gasteiger partial charge in [-0.1, -0.05) is 29.8 Å². The monoisotopic (exact) mass is 322 g/mol. The molecule has 0 spiro atoms. The fraction of sp³-hybridized carbons (Fsp3) is 0.167. The minimum atomic E-state index is -0.340. The van der Waals surface area contributed by atoms with Crippen molar-refractivity contribution in [3.63, 3.8) is 0 Å². The van der Waals surface area contributed by atoms with Crippen molar-refractivity contribution >= 4 is 22.8 Å². The van der Waals surface area contributed by atoms with Gasteiger partial charge in [0.25, 0.3) is 5.91 Å². The Morgan fingerprint density at radius 3 is 2.67 bits per heavy atom. The van der Waals surface area contributed by atoms with Crippen molar-refractivity contribution in [2.75, 3.05) is 0 Å². The van der Waals surface area contributed by atoms with E-state index in [0.717, 1.165) is 22.2 Å². The van der Waals surface area contributed by atoms with E-state index in [9.17, 15) is 9.59 Å². The number of aryl methyl sites for hydroxylation is 2. The number of carbonyl (C=O) groups is 2. The molecule has 0 radical (unpaired) electrons. The van der Waals surface area contributed by atoms with Crippen LogP contribution in [-0.2, 0) is 11.2 Å². The van der Waals surface area contributed by atoms with Crippen LogP contribution in [0.15, 0.2) is 42.5 Å². The topological polar surface area (TPSA) is 86.9 Å². The molecule has 3 aromatic rings. The number of hydrogen-bond donors (Lipinski definition) is 3. The van der Waals surface area contributed by atoms with E-state index >= 15 is 0 Å². The summed E-state index contributed by atoms with van der Waals surface area (Å²) < 4.78 is 0. The van der Waals surface area contributed by atoms with E-state index < -0.39 is 0 Å². The lowest BCUT2D eigenvalue weighted by atomic mass is 10.1. The molecule has 0 bridgehead atoms. The zero-order chi connectivity index (χ0) is 17.1. The number of H-pyrrole nitrogens is 1. The van der Waals surface area contributed by atoms with Gasteiger partial charge in [-0.3, -0.25) is 20.4 Å². The first-order chi connectivity index (χ1) is 11.5. The Kier molecular flexibility index (Phi) is 4.29.